The molecule has 0 aliphatic carbocycles. The van der Waals surface area contributed by atoms with Gasteiger partial charge < -0.3 is 21.1 Å². The van der Waals surface area contributed by atoms with Gasteiger partial charge in [0.25, 0.3) is 0 Å². The van der Waals surface area contributed by atoms with Crippen molar-refractivity contribution >= 4 is 39.3 Å². The van der Waals surface area contributed by atoms with Gasteiger partial charge in [-0.2, -0.15) is 4.31 Å². The molecule has 0 bridgehead atoms. The number of rotatable bonds is 13. The van der Waals surface area contributed by atoms with E-state index in [9.17, 15) is 27.9 Å². The second-order valence-electron chi connectivity index (χ2n) is 10.6. The molecule has 1 aromatic heterocycles. The van der Waals surface area contributed by atoms with E-state index < -0.39 is 34.0 Å². The molecule has 4 N–H and O–H groups in total. The molecule has 11 nitrogen and oxygen atoms in total. The summed E-state index contributed by atoms with van der Waals surface area (Å²) in [5.41, 5.74) is 3.34. The third-order valence-corrected chi connectivity index (χ3v) is 9.16. The van der Waals surface area contributed by atoms with E-state index in [2.05, 4.69) is 20.9 Å². The Labute approximate surface area is 251 Å². The number of benzene rings is 2. The Bertz CT molecular complexity index is 1550. The molecule has 12 heteroatoms. The van der Waals surface area contributed by atoms with Gasteiger partial charge in [0.05, 0.1) is 4.90 Å². The molecule has 3 aromatic rings. The van der Waals surface area contributed by atoms with E-state index in [-0.39, 0.29) is 23.8 Å². The number of pyridine rings is 1. The Morgan fingerprint density at radius 2 is 1.79 bits per heavy atom. The van der Waals surface area contributed by atoms with E-state index in [0.717, 1.165) is 21.2 Å². The first-order chi connectivity index (χ1) is 20.5. The quantitative estimate of drug-likeness (QED) is 0.215. The normalized spacial score (nSPS) is 15.9. The highest BCUT2D eigenvalue weighted by Gasteiger charge is 2.40. The summed E-state index contributed by atoms with van der Waals surface area (Å²) < 4.78 is 27.4. The topological polar surface area (TPSA) is 158 Å². The number of nitrogens with zero attached hydrogens (tertiary/aromatic N) is 2. The van der Waals surface area contributed by atoms with Crippen molar-refractivity contribution in [3.63, 3.8) is 0 Å². The van der Waals surface area contributed by atoms with Gasteiger partial charge in [-0.05, 0) is 74.1 Å². The smallest absolute Gasteiger partial charge is 0.326 e. The second-order valence-corrected chi connectivity index (χ2v) is 12.5. The summed E-state index contributed by atoms with van der Waals surface area (Å²) in [6.45, 7) is 4.74. The van der Waals surface area contributed by atoms with Crippen molar-refractivity contribution in [1.82, 2.24) is 14.6 Å². The van der Waals surface area contributed by atoms with Crippen LogP contribution >= 0.6 is 0 Å². The fraction of sp³-hybridized carbons (Fsp3) is 0.355. The van der Waals surface area contributed by atoms with Crippen molar-refractivity contribution in [3.8, 4) is 0 Å². The summed E-state index contributed by atoms with van der Waals surface area (Å²) in [5.74, 6) is -1.22. The third-order valence-electron chi connectivity index (χ3n) is 7.24. The van der Waals surface area contributed by atoms with Crippen molar-refractivity contribution in [2.45, 2.75) is 62.9 Å². The maximum absolute atomic E-state index is 13.1. The summed E-state index contributed by atoms with van der Waals surface area (Å²) in [6, 6.07) is 14.4. The molecule has 2 heterocycles. The van der Waals surface area contributed by atoms with Gasteiger partial charge in [0.15, 0.2) is 0 Å². The lowest BCUT2D eigenvalue weighted by atomic mass is 10.0. The lowest BCUT2D eigenvalue weighted by Gasteiger charge is -2.25. The van der Waals surface area contributed by atoms with Gasteiger partial charge in [-0.15, -0.1) is 0 Å². The van der Waals surface area contributed by atoms with Gasteiger partial charge in [-0.1, -0.05) is 36.4 Å². The van der Waals surface area contributed by atoms with Gasteiger partial charge in [0.2, 0.25) is 21.8 Å². The Morgan fingerprint density at radius 3 is 2.47 bits per heavy atom. The average molecular weight is 608 g/mol. The number of hydrogen-bond donors (Lipinski definition) is 4. The van der Waals surface area contributed by atoms with Gasteiger partial charge in [-0.3, -0.25) is 9.59 Å². The van der Waals surface area contributed by atoms with Gasteiger partial charge in [-0.25, -0.2) is 18.2 Å². The van der Waals surface area contributed by atoms with Crippen LogP contribution in [0.2, 0.25) is 0 Å². The number of anilines is 2. The van der Waals surface area contributed by atoms with Gasteiger partial charge >= 0.3 is 5.97 Å². The van der Waals surface area contributed by atoms with Crippen molar-refractivity contribution in [2.75, 3.05) is 23.7 Å². The van der Waals surface area contributed by atoms with Gasteiger partial charge in [0, 0.05) is 37.8 Å². The molecule has 4 rings (SSSR count). The number of amides is 2. The fourth-order valence-corrected chi connectivity index (χ4v) is 6.70. The minimum Gasteiger partial charge on any atom is -0.480 e. The summed E-state index contributed by atoms with van der Waals surface area (Å²) in [5, 5.41) is 18.4. The van der Waals surface area contributed by atoms with Crippen LogP contribution < -0.4 is 16.0 Å². The number of carbonyl (C=O) groups is 3. The Hall–Kier alpha value is -4.29. The molecule has 1 saturated heterocycles. The van der Waals surface area contributed by atoms with E-state index in [1.165, 1.54) is 12.1 Å². The fourth-order valence-electron chi connectivity index (χ4n) is 5.03. The molecule has 2 aromatic carbocycles. The highest BCUT2D eigenvalue weighted by molar-refractivity contribution is 7.89. The first-order valence-electron chi connectivity index (χ1n) is 14.2. The first-order valence-corrected chi connectivity index (χ1v) is 15.6. The molecule has 2 amide bonds. The van der Waals surface area contributed by atoms with Gasteiger partial charge in [0.1, 0.15) is 17.9 Å². The molecular formula is C31H37N5O6S. The highest BCUT2D eigenvalue weighted by atomic mass is 32.2. The van der Waals surface area contributed by atoms with Crippen LogP contribution in [-0.2, 0) is 30.8 Å². The molecule has 1 aliphatic rings. The van der Waals surface area contributed by atoms with Crippen molar-refractivity contribution in [1.29, 1.82) is 0 Å². The van der Waals surface area contributed by atoms with E-state index in [1.54, 1.807) is 48.7 Å². The number of carboxylic acids is 1. The zero-order valence-corrected chi connectivity index (χ0v) is 25.1. The monoisotopic (exact) mass is 607 g/mol. The molecule has 228 valence electrons. The number of nitrogens with one attached hydrogen (secondary N) is 3. The average Bonchev–Trinajstić information content (AvgIpc) is 3.49. The summed E-state index contributed by atoms with van der Waals surface area (Å²) in [7, 11) is -3.90. The molecule has 0 spiro atoms. The van der Waals surface area contributed by atoms with Crippen LogP contribution in [0.1, 0.15) is 42.4 Å². The third kappa shape index (κ3) is 8.39. The molecule has 2 atom stereocenters. The lowest BCUT2D eigenvalue weighted by molar-refractivity contribution is -0.142. The number of hydrogen-bond acceptors (Lipinski definition) is 7. The van der Waals surface area contributed by atoms with Crippen LogP contribution in [-0.4, -0.2) is 65.8 Å². The number of aryl methyl sites for hydroxylation is 2. The van der Waals surface area contributed by atoms with Crippen LogP contribution in [0, 0.1) is 13.8 Å². The second kappa shape index (κ2) is 14.3. The van der Waals surface area contributed by atoms with Crippen LogP contribution in [0.25, 0.3) is 0 Å². The van der Waals surface area contributed by atoms with E-state index in [0.29, 0.717) is 43.5 Å². The number of sulfonamides is 1. The van der Waals surface area contributed by atoms with Crippen LogP contribution in [0.5, 0.6) is 0 Å². The molecular weight excluding hydrogens is 570 g/mol. The molecule has 0 radical (unpaired) electrons. The van der Waals surface area contributed by atoms with Crippen LogP contribution in [0.3, 0.4) is 0 Å². The molecule has 1 fully saturated rings. The van der Waals surface area contributed by atoms with Crippen LogP contribution in [0.4, 0.5) is 11.5 Å². The predicted molar refractivity (Wildman–Crippen MR) is 163 cm³/mol. The number of aromatic nitrogens is 1. The molecule has 1 aliphatic heterocycles. The summed E-state index contributed by atoms with van der Waals surface area (Å²) in [6.07, 6.45) is 3.51. The van der Waals surface area contributed by atoms with Crippen molar-refractivity contribution in [2.24, 2.45) is 0 Å². The summed E-state index contributed by atoms with van der Waals surface area (Å²) >= 11 is 0. The van der Waals surface area contributed by atoms with E-state index in [4.69, 9.17) is 0 Å². The minimum atomic E-state index is -3.90. The van der Waals surface area contributed by atoms with Crippen molar-refractivity contribution in [3.05, 3.63) is 83.6 Å². The number of carboxylic acid groups (broad SMARTS) is 1. The Morgan fingerprint density at radius 1 is 1.07 bits per heavy atom. The van der Waals surface area contributed by atoms with E-state index >= 15 is 0 Å². The van der Waals surface area contributed by atoms with E-state index in [1.807, 2.05) is 19.9 Å². The molecule has 0 unspecified atom stereocenters. The summed E-state index contributed by atoms with van der Waals surface area (Å²) in [4.78, 5) is 41.9. The number of aliphatic carboxylic acids is 1. The van der Waals surface area contributed by atoms with Crippen LogP contribution in [0.15, 0.2) is 71.8 Å². The molecule has 0 saturated carbocycles. The number of carbonyl (C=O) groups excluding carboxylic acids is 2. The SMILES string of the molecule is Cc1cnc(NCCCC(=O)Nc2ccc(C[C@H](NC(=O)[C@@H]3CCCN3S(=O)(=O)c3ccccc3)C(=O)O)cc2)c(C)c1. The molecule has 43 heavy (non-hydrogen) atoms. The maximum atomic E-state index is 13.1. The lowest BCUT2D eigenvalue weighted by Crippen LogP contribution is -2.51. The first kappa shape index (κ1) is 31.6. The van der Waals surface area contributed by atoms with Crippen molar-refractivity contribution < 1.29 is 27.9 Å². The minimum absolute atomic E-state index is 0.00835. The zero-order chi connectivity index (χ0) is 31.0. The maximum Gasteiger partial charge on any atom is 0.326 e. The largest absolute Gasteiger partial charge is 0.480 e. The standard InChI is InChI=1S/C31H37N5O6S/c1-21-18-22(2)29(33-20-21)32-16-6-11-28(37)34-24-14-12-23(13-15-24)19-26(31(39)40)35-30(38)27-10-7-17-36(27)43(41,42)25-8-4-3-5-9-25/h3-5,8-9,12-15,18,20,26-27H,6-7,10-11,16-17,19H2,1-2H3,(H,32,33)(H,34,37)(H,35,38)(H,39,40)/t26-,27-/m0/s1. The Kier molecular flexibility index (Phi) is 10.5. The Balaban J connectivity index is 1.28. The predicted octanol–water partition coefficient (Wildman–Crippen LogP) is 3.49. The zero-order valence-electron chi connectivity index (χ0n) is 24.2. The highest BCUT2D eigenvalue weighted by Crippen LogP contribution is 2.26.